The normalized spacial score (nSPS) is 18.3. The molecule has 0 aromatic carbocycles. The first-order valence-electron chi connectivity index (χ1n) is 8.19. The van der Waals surface area contributed by atoms with Crippen molar-refractivity contribution in [1.82, 2.24) is 24.6 Å². The second kappa shape index (κ2) is 7.90. The minimum atomic E-state index is -0.129. The van der Waals surface area contributed by atoms with E-state index in [1.165, 1.54) is 6.20 Å². The summed E-state index contributed by atoms with van der Waals surface area (Å²) in [6.07, 6.45) is 3.48. The van der Waals surface area contributed by atoms with E-state index in [-0.39, 0.29) is 18.4 Å². The number of aromatic nitrogens is 4. The monoisotopic (exact) mass is 364 g/mol. The summed E-state index contributed by atoms with van der Waals surface area (Å²) >= 11 is 5.79. The molecule has 8 nitrogen and oxygen atoms in total. The highest BCUT2D eigenvalue weighted by Gasteiger charge is 2.26. The van der Waals surface area contributed by atoms with E-state index in [2.05, 4.69) is 25.4 Å². The van der Waals surface area contributed by atoms with Gasteiger partial charge >= 0.3 is 0 Å². The molecule has 1 amide bonds. The lowest BCUT2D eigenvalue weighted by Crippen LogP contribution is -2.40. The zero-order valence-electron chi connectivity index (χ0n) is 14.0. The van der Waals surface area contributed by atoms with Crippen LogP contribution in [0.5, 0.6) is 0 Å². The van der Waals surface area contributed by atoms with E-state index in [0.717, 1.165) is 31.8 Å². The van der Waals surface area contributed by atoms with E-state index >= 15 is 0 Å². The second-order valence-corrected chi connectivity index (χ2v) is 6.61. The lowest BCUT2D eigenvalue weighted by Gasteiger charge is -2.31. The molecule has 2 N–H and O–H groups in total. The Bertz CT molecular complexity index is 733. The Morgan fingerprint density at radius 3 is 2.96 bits per heavy atom. The van der Waals surface area contributed by atoms with Crippen LogP contribution in [0.2, 0.25) is 5.02 Å². The van der Waals surface area contributed by atoms with Gasteiger partial charge in [-0.1, -0.05) is 11.6 Å². The highest BCUT2D eigenvalue weighted by atomic mass is 35.5. The van der Waals surface area contributed by atoms with Gasteiger partial charge in [-0.05, 0) is 31.5 Å². The van der Waals surface area contributed by atoms with Crippen LogP contribution in [0, 0.1) is 0 Å². The van der Waals surface area contributed by atoms with Crippen LogP contribution in [-0.2, 0) is 18.4 Å². The van der Waals surface area contributed by atoms with Crippen LogP contribution in [-0.4, -0.2) is 55.3 Å². The molecule has 3 rings (SSSR count). The van der Waals surface area contributed by atoms with E-state index in [1.54, 1.807) is 12.1 Å². The average molecular weight is 365 g/mol. The molecule has 134 valence electrons. The molecule has 1 fully saturated rings. The lowest BCUT2D eigenvalue weighted by atomic mass is 9.97. The fourth-order valence-corrected chi connectivity index (χ4v) is 3.23. The van der Waals surface area contributed by atoms with Crippen molar-refractivity contribution < 1.29 is 9.90 Å². The predicted octanol–water partition coefficient (Wildman–Crippen LogP) is 1.17. The molecule has 3 heterocycles. The number of hydrogen-bond donors (Lipinski definition) is 2. The van der Waals surface area contributed by atoms with Crippen molar-refractivity contribution in [2.75, 3.05) is 25.0 Å². The minimum Gasteiger partial charge on any atom is -0.388 e. The number of aliphatic hydroxyl groups excluding tert-OH is 1. The van der Waals surface area contributed by atoms with E-state index in [4.69, 9.17) is 11.6 Å². The van der Waals surface area contributed by atoms with Gasteiger partial charge in [-0.25, -0.2) is 4.98 Å². The summed E-state index contributed by atoms with van der Waals surface area (Å²) in [5.74, 6) is 1.99. The first-order valence-corrected chi connectivity index (χ1v) is 8.57. The number of piperidine rings is 1. The van der Waals surface area contributed by atoms with Crippen molar-refractivity contribution in [1.29, 1.82) is 0 Å². The molecule has 2 aromatic rings. The molecule has 0 aliphatic carbocycles. The maximum Gasteiger partial charge on any atom is 0.239 e. The number of likely N-dealkylation sites (tertiary alicyclic amines) is 1. The largest absolute Gasteiger partial charge is 0.388 e. The Morgan fingerprint density at radius 1 is 1.44 bits per heavy atom. The van der Waals surface area contributed by atoms with Gasteiger partial charge in [0.1, 0.15) is 18.2 Å². The quantitative estimate of drug-likeness (QED) is 0.826. The molecule has 25 heavy (non-hydrogen) atoms. The Labute approximate surface area is 150 Å². The summed E-state index contributed by atoms with van der Waals surface area (Å²) in [5.41, 5.74) is 0. The third-order valence-electron chi connectivity index (χ3n) is 4.37. The van der Waals surface area contributed by atoms with Crippen LogP contribution in [0.25, 0.3) is 0 Å². The third kappa shape index (κ3) is 4.33. The molecule has 1 aliphatic heterocycles. The molecule has 1 atom stereocenters. The number of nitrogens with one attached hydrogen (secondary N) is 1. The molecule has 9 heteroatoms. The number of rotatable bonds is 5. The topological polar surface area (TPSA) is 96.2 Å². The standard InChI is InChI=1S/C16H21ClN6O2/c1-22-14(10-24)20-21-16(22)11-3-2-6-23(8-11)9-15(25)19-13-5-4-12(17)7-18-13/h4-5,7,11,24H,2-3,6,8-10H2,1H3,(H,18,19,25). The molecule has 0 bridgehead atoms. The van der Waals surface area contributed by atoms with E-state index in [0.29, 0.717) is 23.2 Å². The molecule has 1 aliphatic rings. The summed E-state index contributed by atoms with van der Waals surface area (Å²) in [7, 11) is 1.86. The summed E-state index contributed by atoms with van der Waals surface area (Å²) in [6.45, 7) is 1.77. The average Bonchev–Trinajstić information content (AvgIpc) is 2.98. The molecular formula is C16H21ClN6O2. The van der Waals surface area contributed by atoms with Crippen LogP contribution in [0.1, 0.15) is 30.4 Å². The molecule has 1 unspecified atom stereocenters. The van der Waals surface area contributed by atoms with E-state index < -0.39 is 0 Å². The van der Waals surface area contributed by atoms with Gasteiger partial charge in [0.15, 0.2) is 5.82 Å². The Balaban J connectivity index is 1.58. The molecule has 2 aromatic heterocycles. The number of nitrogens with zero attached hydrogens (tertiary/aromatic N) is 5. The van der Waals surface area contributed by atoms with Crippen LogP contribution in [0.15, 0.2) is 18.3 Å². The first kappa shape index (κ1) is 17.8. The zero-order valence-corrected chi connectivity index (χ0v) is 14.8. The summed E-state index contributed by atoms with van der Waals surface area (Å²) < 4.78 is 1.84. The van der Waals surface area contributed by atoms with Gasteiger partial charge in [0, 0.05) is 25.7 Å². The van der Waals surface area contributed by atoms with Crippen molar-refractivity contribution in [2.24, 2.45) is 7.05 Å². The van der Waals surface area contributed by atoms with E-state index in [1.807, 2.05) is 11.6 Å². The van der Waals surface area contributed by atoms with Crippen LogP contribution >= 0.6 is 11.6 Å². The van der Waals surface area contributed by atoms with Gasteiger partial charge in [-0.3, -0.25) is 9.69 Å². The molecule has 0 spiro atoms. The Hall–Kier alpha value is -2.03. The Kier molecular flexibility index (Phi) is 5.62. The molecule has 0 radical (unpaired) electrons. The van der Waals surface area contributed by atoms with Crippen molar-refractivity contribution in [3.63, 3.8) is 0 Å². The minimum absolute atomic E-state index is 0.107. The predicted molar refractivity (Wildman–Crippen MR) is 93.2 cm³/mol. The zero-order chi connectivity index (χ0) is 17.8. The van der Waals surface area contributed by atoms with Crippen molar-refractivity contribution in [3.8, 4) is 0 Å². The molecule has 1 saturated heterocycles. The molecular weight excluding hydrogens is 344 g/mol. The van der Waals surface area contributed by atoms with E-state index in [9.17, 15) is 9.90 Å². The lowest BCUT2D eigenvalue weighted by molar-refractivity contribution is -0.117. The number of pyridine rings is 1. The van der Waals surface area contributed by atoms with Crippen molar-refractivity contribution >= 4 is 23.3 Å². The fourth-order valence-electron chi connectivity index (χ4n) is 3.11. The maximum atomic E-state index is 12.2. The smallest absolute Gasteiger partial charge is 0.239 e. The number of anilines is 1. The summed E-state index contributed by atoms with van der Waals surface area (Å²) in [6, 6.07) is 3.36. The fraction of sp³-hybridized carbons (Fsp3) is 0.500. The number of hydrogen-bond acceptors (Lipinski definition) is 6. The number of carbonyl (C=O) groups excluding carboxylic acids is 1. The van der Waals surface area contributed by atoms with Crippen molar-refractivity contribution in [3.05, 3.63) is 35.0 Å². The van der Waals surface area contributed by atoms with Gasteiger partial charge in [0.2, 0.25) is 5.91 Å². The maximum absolute atomic E-state index is 12.2. The van der Waals surface area contributed by atoms with Gasteiger partial charge in [-0.15, -0.1) is 10.2 Å². The SMILES string of the molecule is Cn1c(CO)nnc1C1CCCN(CC(=O)Nc2ccc(Cl)cn2)C1. The summed E-state index contributed by atoms with van der Waals surface area (Å²) in [5, 5.41) is 20.8. The number of carbonyl (C=O) groups is 1. The number of amides is 1. The van der Waals surface area contributed by atoms with Gasteiger partial charge in [0.25, 0.3) is 0 Å². The Morgan fingerprint density at radius 2 is 2.28 bits per heavy atom. The van der Waals surface area contributed by atoms with Gasteiger partial charge in [-0.2, -0.15) is 0 Å². The number of halogens is 1. The highest BCUT2D eigenvalue weighted by molar-refractivity contribution is 6.30. The van der Waals surface area contributed by atoms with Crippen LogP contribution in [0.4, 0.5) is 5.82 Å². The number of aliphatic hydroxyl groups is 1. The summed E-state index contributed by atoms with van der Waals surface area (Å²) in [4.78, 5) is 18.4. The van der Waals surface area contributed by atoms with Crippen LogP contribution in [0.3, 0.4) is 0 Å². The third-order valence-corrected chi connectivity index (χ3v) is 4.60. The second-order valence-electron chi connectivity index (χ2n) is 6.18. The van der Waals surface area contributed by atoms with Crippen molar-refractivity contribution in [2.45, 2.75) is 25.4 Å². The highest BCUT2D eigenvalue weighted by Crippen LogP contribution is 2.25. The van der Waals surface area contributed by atoms with Gasteiger partial charge < -0.3 is 15.0 Å². The van der Waals surface area contributed by atoms with Gasteiger partial charge in [0.05, 0.1) is 11.6 Å². The first-order chi connectivity index (χ1) is 12.1. The van der Waals surface area contributed by atoms with Crippen LogP contribution < -0.4 is 5.32 Å². The molecule has 0 saturated carbocycles.